The van der Waals surface area contributed by atoms with Crippen LogP contribution in [0, 0.1) is 0 Å². The standard InChI is InChI=1S/C27H28N4O5/c1-29-10-12-31(13-11-29)24(35)14-18(19-8-9-28-30(19)2)25-20(32)15-21(33)26-22(34)16-23(36-27(25)26)17-6-4-3-5-7-17/h3-9,15-16,18,32-33H,10-14H2,1-2H3/t18-/m1/s1. The molecule has 0 unspecified atom stereocenters. The van der Waals surface area contributed by atoms with Crippen molar-refractivity contribution in [3.8, 4) is 22.8 Å². The van der Waals surface area contributed by atoms with Gasteiger partial charge in [-0.25, -0.2) is 0 Å². The Morgan fingerprint density at radius 3 is 2.42 bits per heavy atom. The lowest BCUT2D eigenvalue weighted by molar-refractivity contribution is -0.133. The first-order chi connectivity index (χ1) is 17.3. The van der Waals surface area contributed by atoms with Gasteiger partial charge in [0.2, 0.25) is 5.91 Å². The number of hydrogen-bond acceptors (Lipinski definition) is 7. The average molecular weight is 489 g/mol. The van der Waals surface area contributed by atoms with Crippen molar-refractivity contribution in [3.63, 3.8) is 0 Å². The molecule has 5 rings (SSSR count). The average Bonchev–Trinajstić information content (AvgIpc) is 3.29. The first kappa shape index (κ1) is 23.6. The zero-order chi connectivity index (χ0) is 25.4. The number of phenols is 2. The van der Waals surface area contributed by atoms with Crippen LogP contribution in [0.4, 0.5) is 0 Å². The van der Waals surface area contributed by atoms with E-state index in [4.69, 9.17) is 4.42 Å². The number of likely N-dealkylation sites (N-methyl/N-ethyl adjacent to an activating group) is 1. The van der Waals surface area contributed by atoms with Crippen LogP contribution in [0.25, 0.3) is 22.3 Å². The normalized spacial score (nSPS) is 15.3. The third-order valence-electron chi connectivity index (χ3n) is 6.86. The molecule has 2 N–H and O–H groups in total. The minimum Gasteiger partial charge on any atom is -0.507 e. The van der Waals surface area contributed by atoms with Crippen molar-refractivity contribution in [3.05, 3.63) is 76.2 Å². The van der Waals surface area contributed by atoms with E-state index in [9.17, 15) is 19.8 Å². The first-order valence-corrected chi connectivity index (χ1v) is 11.9. The fourth-order valence-electron chi connectivity index (χ4n) is 4.84. The summed E-state index contributed by atoms with van der Waals surface area (Å²) in [4.78, 5) is 30.5. The Morgan fingerprint density at radius 1 is 1.03 bits per heavy atom. The highest BCUT2D eigenvalue weighted by Crippen LogP contribution is 2.43. The van der Waals surface area contributed by atoms with Crippen molar-refractivity contribution in [1.82, 2.24) is 19.6 Å². The molecule has 0 spiro atoms. The van der Waals surface area contributed by atoms with Crippen LogP contribution in [0.2, 0.25) is 0 Å². The Labute approximate surface area is 207 Å². The molecule has 1 atom stereocenters. The Balaban J connectivity index is 1.69. The van der Waals surface area contributed by atoms with Gasteiger partial charge in [-0.1, -0.05) is 30.3 Å². The number of aromatic nitrogens is 2. The highest BCUT2D eigenvalue weighted by molar-refractivity contribution is 5.91. The Hall–Kier alpha value is -4.11. The molecular weight excluding hydrogens is 460 g/mol. The van der Waals surface area contributed by atoms with Gasteiger partial charge in [0.1, 0.15) is 28.2 Å². The van der Waals surface area contributed by atoms with E-state index in [1.807, 2.05) is 42.3 Å². The smallest absolute Gasteiger partial charge is 0.223 e. The van der Waals surface area contributed by atoms with Crippen LogP contribution in [-0.4, -0.2) is 68.9 Å². The van der Waals surface area contributed by atoms with E-state index in [0.29, 0.717) is 30.1 Å². The molecular formula is C27H28N4O5. The van der Waals surface area contributed by atoms with Gasteiger partial charge in [0.25, 0.3) is 0 Å². The number of fused-ring (bicyclic) bond motifs is 1. The van der Waals surface area contributed by atoms with Crippen molar-refractivity contribution in [1.29, 1.82) is 0 Å². The number of rotatable bonds is 5. The summed E-state index contributed by atoms with van der Waals surface area (Å²) in [6, 6.07) is 13.4. The quantitative estimate of drug-likeness (QED) is 0.444. The molecule has 1 fully saturated rings. The molecule has 0 radical (unpaired) electrons. The molecule has 1 aliphatic heterocycles. The van der Waals surface area contributed by atoms with Gasteiger partial charge < -0.3 is 24.4 Å². The summed E-state index contributed by atoms with van der Waals surface area (Å²) in [6.07, 6.45) is 1.66. The fourth-order valence-corrected chi connectivity index (χ4v) is 4.84. The molecule has 0 aliphatic carbocycles. The molecule has 36 heavy (non-hydrogen) atoms. The van der Waals surface area contributed by atoms with Crippen LogP contribution < -0.4 is 5.43 Å². The number of phenolic OH excluding ortho intramolecular Hbond substituents is 2. The highest BCUT2D eigenvalue weighted by atomic mass is 16.3. The predicted octanol–water partition coefficient (Wildman–Crippen LogP) is 2.90. The van der Waals surface area contributed by atoms with Crippen LogP contribution in [0.3, 0.4) is 0 Å². The monoisotopic (exact) mass is 488 g/mol. The van der Waals surface area contributed by atoms with Crippen molar-refractivity contribution >= 4 is 16.9 Å². The van der Waals surface area contributed by atoms with Crippen molar-refractivity contribution in [2.45, 2.75) is 12.3 Å². The number of carbonyl (C=O) groups excluding carboxylic acids is 1. The van der Waals surface area contributed by atoms with Gasteiger partial charge in [-0.3, -0.25) is 14.3 Å². The minimum absolute atomic E-state index is 0.0377. The second-order valence-corrected chi connectivity index (χ2v) is 9.19. The number of piperazine rings is 1. The third-order valence-corrected chi connectivity index (χ3v) is 6.86. The first-order valence-electron chi connectivity index (χ1n) is 11.9. The van der Waals surface area contributed by atoms with Gasteiger partial charge in [0, 0.05) is 80.7 Å². The van der Waals surface area contributed by atoms with Gasteiger partial charge in [-0.15, -0.1) is 0 Å². The second kappa shape index (κ2) is 9.50. The lowest BCUT2D eigenvalue weighted by Gasteiger charge is -2.33. The molecule has 2 aromatic heterocycles. The summed E-state index contributed by atoms with van der Waals surface area (Å²) < 4.78 is 7.84. The van der Waals surface area contributed by atoms with Gasteiger partial charge in [0.05, 0.1) is 0 Å². The maximum absolute atomic E-state index is 13.4. The molecule has 0 bridgehead atoms. The lowest BCUT2D eigenvalue weighted by Crippen LogP contribution is -2.47. The van der Waals surface area contributed by atoms with Gasteiger partial charge in [-0.2, -0.15) is 5.10 Å². The zero-order valence-electron chi connectivity index (χ0n) is 20.2. The summed E-state index contributed by atoms with van der Waals surface area (Å²) in [5, 5.41) is 25.9. The number of aryl methyl sites for hydroxylation is 1. The van der Waals surface area contributed by atoms with Crippen LogP contribution in [0.15, 0.2) is 63.9 Å². The highest BCUT2D eigenvalue weighted by Gasteiger charge is 2.31. The molecule has 4 aromatic rings. The van der Waals surface area contributed by atoms with E-state index in [1.165, 1.54) is 6.07 Å². The zero-order valence-corrected chi connectivity index (χ0v) is 20.2. The number of amides is 1. The van der Waals surface area contributed by atoms with E-state index in [0.717, 1.165) is 19.2 Å². The topological polar surface area (TPSA) is 112 Å². The summed E-state index contributed by atoms with van der Waals surface area (Å²) in [7, 11) is 3.78. The van der Waals surface area contributed by atoms with Gasteiger partial charge in [-0.05, 0) is 13.1 Å². The Morgan fingerprint density at radius 2 is 1.75 bits per heavy atom. The number of carbonyl (C=O) groups is 1. The van der Waals surface area contributed by atoms with Crippen LogP contribution in [0.1, 0.15) is 23.6 Å². The van der Waals surface area contributed by atoms with Gasteiger partial charge in [0.15, 0.2) is 5.43 Å². The lowest BCUT2D eigenvalue weighted by atomic mass is 9.89. The fraction of sp³-hybridized carbons (Fsp3) is 0.296. The predicted molar refractivity (Wildman–Crippen MR) is 135 cm³/mol. The van der Waals surface area contributed by atoms with E-state index in [2.05, 4.69) is 10.00 Å². The molecule has 1 amide bonds. The number of nitrogens with zero attached hydrogens (tertiary/aromatic N) is 4. The molecule has 186 valence electrons. The van der Waals surface area contributed by atoms with Crippen LogP contribution in [0.5, 0.6) is 11.5 Å². The van der Waals surface area contributed by atoms with Crippen molar-refractivity contribution < 1.29 is 19.4 Å². The minimum atomic E-state index is -0.665. The maximum atomic E-state index is 13.4. The summed E-state index contributed by atoms with van der Waals surface area (Å²) in [5.74, 6) is -1.08. The van der Waals surface area contributed by atoms with E-state index in [1.54, 1.807) is 24.0 Å². The molecule has 0 saturated carbocycles. The summed E-state index contributed by atoms with van der Waals surface area (Å²) >= 11 is 0. The Kier molecular flexibility index (Phi) is 6.24. The van der Waals surface area contributed by atoms with Crippen LogP contribution >= 0.6 is 0 Å². The molecule has 3 heterocycles. The maximum Gasteiger partial charge on any atom is 0.223 e. The largest absolute Gasteiger partial charge is 0.507 e. The van der Waals surface area contributed by atoms with E-state index >= 15 is 0 Å². The third kappa shape index (κ3) is 4.33. The van der Waals surface area contributed by atoms with E-state index in [-0.39, 0.29) is 40.4 Å². The molecule has 9 nitrogen and oxygen atoms in total. The number of hydrogen-bond donors (Lipinski definition) is 2. The molecule has 1 aliphatic rings. The van der Waals surface area contributed by atoms with E-state index < -0.39 is 11.3 Å². The summed E-state index contributed by atoms with van der Waals surface area (Å²) in [6.45, 7) is 2.79. The molecule has 2 aromatic carbocycles. The molecule has 1 saturated heterocycles. The van der Waals surface area contributed by atoms with Gasteiger partial charge >= 0.3 is 0 Å². The molecule has 9 heteroatoms. The van der Waals surface area contributed by atoms with Crippen molar-refractivity contribution in [2.75, 3.05) is 33.2 Å². The SMILES string of the molecule is CN1CCN(C(=O)C[C@@H](c2c(O)cc(O)c3c(=O)cc(-c4ccccc4)oc23)c2ccnn2C)CC1. The second-order valence-electron chi connectivity index (χ2n) is 9.19. The summed E-state index contributed by atoms with van der Waals surface area (Å²) in [5.41, 5.74) is 1.23. The van der Waals surface area contributed by atoms with Crippen LogP contribution in [-0.2, 0) is 11.8 Å². The number of aromatic hydroxyl groups is 2. The van der Waals surface area contributed by atoms with Crippen molar-refractivity contribution in [2.24, 2.45) is 7.05 Å². The Bertz CT molecular complexity index is 1470. The number of benzene rings is 2.